The van der Waals surface area contributed by atoms with E-state index in [0.29, 0.717) is 22.5 Å². The molecule has 1 N–H and O–H groups in total. The van der Waals surface area contributed by atoms with Gasteiger partial charge in [-0.2, -0.15) is 0 Å². The lowest BCUT2D eigenvalue weighted by Crippen LogP contribution is -2.03. The molecule has 106 valence electrons. The number of aliphatic carboxylic acids is 1. The van der Waals surface area contributed by atoms with E-state index in [1.807, 2.05) is 36.6 Å². The molecule has 0 bridgehead atoms. The van der Waals surface area contributed by atoms with Gasteiger partial charge in [0.15, 0.2) is 11.0 Å². The average molecular weight is 312 g/mol. The molecular formula is C13H14ClN3O2S. The van der Waals surface area contributed by atoms with Crippen LogP contribution in [0, 0.1) is 6.92 Å². The molecule has 20 heavy (non-hydrogen) atoms. The van der Waals surface area contributed by atoms with Gasteiger partial charge >= 0.3 is 5.97 Å². The molecule has 0 aliphatic carbocycles. The maximum atomic E-state index is 10.7. The average Bonchev–Trinajstić information content (AvgIpc) is 2.82. The molecule has 0 fully saturated rings. The van der Waals surface area contributed by atoms with Gasteiger partial charge in [0.25, 0.3) is 0 Å². The van der Waals surface area contributed by atoms with Gasteiger partial charge in [0.1, 0.15) is 0 Å². The quantitative estimate of drug-likeness (QED) is 0.859. The number of benzene rings is 1. The van der Waals surface area contributed by atoms with Gasteiger partial charge in [-0.3, -0.25) is 4.79 Å². The van der Waals surface area contributed by atoms with Gasteiger partial charge in [0.05, 0.1) is 5.75 Å². The third kappa shape index (κ3) is 2.96. The number of thioether (sulfide) groups is 1. The van der Waals surface area contributed by atoms with Crippen LogP contribution in [0.15, 0.2) is 23.4 Å². The fourth-order valence-corrected chi connectivity index (χ4v) is 2.75. The zero-order valence-electron chi connectivity index (χ0n) is 11.1. The normalized spacial score (nSPS) is 10.8. The zero-order chi connectivity index (χ0) is 14.7. The maximum Gasteiger partial charge on any atom is 0.313 e. The van der Waals surface area contributed by atoms with Gasteiger partial charge in [-0.1, -0.05) is 35.5 Å². The molecule has 1 aromatic heterocycles. The molecule has 0 radical (unpaired) electrons. The van der Waals surface area contributed by atoms with Crippen molar-refractivity contribution in [2.24, 2.45) is 0 Å². The highest BCUT2D eigenvalue weighted by Crippen LogP contribution is 2.29. The van der Waals surface area contributed by atoms with Crippen molar-refractivity contribution in [2.75, 3.05) is 5.75 Å². The zero-order valence-corrected chi connectivity index (χ0v) is 12.7. The van der Waals surface area contributed by atoms with E-state index in [-0.39, 0.29) is 5.75 Å². The molecule has 0 aliphatic heterocycles. The van der Waals surface area contributed by atoms with E-state index in [0.717, 1.165) is 22.9 Å². The van der Waals surface area contributed by atoms with Crippen molar-refractivity contribution in [3.8, 4) is 11.4 Å². The summed E-state index contributed by atoms with van der Waals surface area (Å²) in [4.78, 5) is 10.7. The van der Waals surface area contributed by atoms with Gasteiger partial charge in [-0.15, -0.1) is 10.2 Å². The van der Waals surface area contributed by atoms with E-state index in [1.165, 1.54) is 0 Å². The first-order valence-corrected chi connectivity index (χ1v) is 7.44. The highest BCUT2D eigenvalue weighted by atomic mass is 35.5. The molecule has 1 heterocycles. The fraction of sp³-hybridized carbons (Fsp3) is 0.308. The SMILES string of the molecule is CCn1c(SCC(=O)O)nnc1-c1cccc(Cl)c1C. The Labute approximate surface area is 126 Å². The van der Waals surface area contributed by atoms with E-state index >= 15 is 0 Å². The van der Waals surface area contributed by atoms with Gasteiger partial charge in [0, 0.05) is 17.1 Å². The summed E-state index contributed by atoms with van der Waals surface area (Å²) in [7, 11) is 0. The molecule has 5 nitrogen and oxygen atoms in total. The monoisotopic (exact) mass is 311 g/mol. The van der Waals surface area contributed by atoms with E-state index < -0.39 is 5.97 Å². The van der Waals surface area contributed by atoms with Crippen molar-refractivity contribution < 1.29 is 9.90 Å². The molecule has 0 saturated carbocycles. The van der Waals surface area contributed by atoms with Crippen LogP contribution < -0.4 is 0 Å². The molecule has 0 amide bonds. The lowest BCUT2D eigenvalue weighted by Gasteiger charge is -2.09. The molecule has 2 rings (SSSR count). The lowest BCUT2D eigenvalue weighted by molar-refractivity contribution is -0.133. The largest absolute Gasteiger partial charge is 0.481 e. The highest BCUT2D eigenvalue weighted by Gasteiger charge is 2.16. The number of carboxylic acid groups (broad SMARTS) is 1. The van der Waals surface area contributed by atoms with Gasteiger partial charge in [0.2, 0.25) is 0 Å². The second-order valence-corrected chi connectivity index (χ2v) is 5.49. The Morgan fingerprint density at radius 1 is 1.45 bits per heavy atom. The van der Waals surface area contributed by atoms with Crippen molar-refractivity contribution in [1.29, 1.82) is 0 Å². The number of rotatable bonds is 5. The molecule has 1 aromatic carbocycles. The second-order valence-electron chi connectivity index (χ2n) is 4.15. The number of carboxylic acids is 1. The first kappa shape index (κ1) is 14.9. The smallest absolute Gasteiger partial charge is 0.313 e. The first-order chi connectivity index (χ1) is 9.54. The Balaban J connectivity index is 2.42. The predicted octanol–water partition coefficient (Wildman–Crippen LogP) is 3.10. The lowest BCUT2D eigenvalue weighted by atomic mass is 10.1. The summed E-state index contributed by atoms with van der Waals surface area (Å²) in [6.45, 7) is 4.56. The van der Waals surface area contributed by atoms with Crippen LogP contribution in [0.5, 0.6) is 0 Å². The summed E-state index contributed by atoms with van der Waals surface area (Å²) >= 11 is 7.29. The molecular weight excluding hydrogens is 298 g/mol. The Kier molecular flexibility index (Phi) is 4.67. The Morgan fingerprint density at radius 2 is 2.20 bits per heavy atom. The summed E-state index contributed by atoms with van der Waals surface area (Å²) in [5, 5.41) is 18.3. The Hall–Kier alpha value is -1.53. The van der Waals surface area contributed by atoms with Gasteiger partial charge in [-0.05, 0) is 25.5 Å². The van der Waals surface area contributed by atoms with Crippen LogP contribution >= 0.6 is 23.4 Å². The fourth-order valence-electron chi connectivity index (χ4n) is 1.86. The minimum absolute atomic E-state index is 0.0351. The summed E-state index contributed by atoms with van der Waals surface area (Å²) in [5.74, 6) is -0.200. The van der Waals surface area contributed by atoms with Crippen molar-refractivity contribution >= 4 is 29.3 Å². The molecule has 0 atom stereocenters. The number of carbonyl (C=O) groups is 1. The molecule has 0 spiro atoms. The van der Waals surface area contributed by atoms with Crippen LogP contribution in [0.4, 0.5) is 0 Å². The highest BCUT2D eigenvalue weighted by molar-refractivity contribution is 7.99. The van der Waals surface area contributed by atoms with E-state index in [4.69, 9.17) is 16.7 Å². The first-order valence-electron chi connectivity index (χ1n) is 6.07. The minimum Gasteiger partial charge on any atom is -0.481 e. The number of aromatic nitrogens is 3. The topological polar surface area (TPSA) is 68.0 Å². The van der Waals surface area contributed by atoms with Gasteiger partial charge in [-0.25, -0.2) is 0 Å². The van der Waals surface area contributed by atoms with Crippen LogP contribution in [-0.4, -0.2) is 31.6 Å². The third-order valence-electron chi connectivity index (χ3n) is 2.87. The van der Waals surface area contributed by atoms with Crippen LogP contribution in [0.25, 0.3) is 11.4 Å². The number of hydrogen-bond acceptors (Lipinski definition) is 4. The predicted molar refractivity (Wildman–Crippen MR) is 79.2 cm³/mol. The summed E-state index contributed by atoms with van der Waals surface area (Å²) in [5.41, 5.74) is 1.85. The molecule has 7 heteroatoms. The number of halogens is 1. The van der Waals surface area contributed by atoms with Crippen LogP contribution in [0.1, 0.15) is 12.5 Å². The van der Waals surface area contributed by atoms with Crippen molar-refractivity contribution in [1.82, 2.24) is 14.8 Å². The van der Waals surface area contributed by atoms with Gasteiger partial charge < -0.3 is 9.67 Å². The summed E-state index contributed by atoms with van der Waals surface area (Å²) in [6.07, 6.45) is 0. The second kappa shape index (κ2) is 6.28. The standard InChI is InChI=1S/C13H14ClN3O2S/c1-3-17-12(9-5-4-6-10(14)8(9)2)15-16-13(17)20-7-11(18)19/h4-6H,3,7H2,1-2H3,(H,18,19). The summed E-state index contributed by atoms with van der Waals surface area (Å²) in [6, 6.07) is 5.62. The Bertz CT molecular complexity index is 643. The number of nitrogens with zero attached hydrogens (tertiary/aromatic N) is 3. The van der Waals surface area contributed by atoms with E-state index in [1.54, 1.807) is 0 Å². The molecule has 0 saturated heterocycles. The van der Waals surface area contributed by atoms with Crippen molar-refractivity contribution in [3.05, 3.63) is 28.8 Å². The molecule has 0 aliphatic rings. The van der Waals surface area contributed by atoms with Crippen molar-refractivity contribution in [3.63, 3.8) is 0 Å². The van der Waals surface area contributed by atoms with Crippen LogP contribution in [0.2, 0.25) is 5.02 Å². The van der Waals surface area contributed by atoms with Crippen molar-refractivity contribution in [2.45, 2.75) is 25.5 Å². The third-order valence-corrected chi connectivity index (χ3v) is 4.23. The van der Waals surface area contributed by atoms with Crippen LogP contribution in [0.3, 0.4) is 0 Å². The van der Waals surface area contributed by atoms with E-state index in [9.17, 15) is 4.79 Å². The van der Waals surface area contributed by atoms with Crippen LogP contribution in [-0.2, 0) is 11.3 Å². The Morgan fingerprint density at radius 3 is 2.85 bits per heavy atom. The summed E-state index contributed by atoms with van der Waals surface area (Å²) < 4.78 is 1.90. The molecule has 2 aromatic rings. The number of hydrogen-bond donors (Lipinski definition) is 1. The molecule has 0 unspecified atom stereocenters. The maximum absolute atomic E-state index is 10.7. The van der Waals surface area contributed by atoms with E-state index in [2.05, 4.69) is 10.2 Å². The minimum atomic E-state index is -0.874.